The fourth-order valence-corrected chi connectivity index (χ4v) is 2.26. The Morgan fingerprint density at radius 2 is 1.73 bits per heavy atom. The summed E-state index contributed by atoms with van der Waals surface area (Å²) in [6.45, 7) is 11.5. The largest absolute Gasteiger partial charge is 0.303 e. The smallest absolute Gasteiger partial charge is 0.126 e. The second kappa shape index (κ2) is 4.62. The van der Waals surface area contributed by atoms with Crippen molar-refractivity contribution in [3.63, 3.8) is 0 Å². The summed E-state index contributed by atoms with van der Waals surface area (Å²) in [7, 11) is 2.18. The molecule has 1 fully saturated rings. The van der Waals surface area contributed by atoms with Gasteiger partial charge in [-0.3, -0.25) is 9.80 Å². The van der Waals surface area contributed by atoms with Gasteiger partial charge in [-0.25, -0.2) is 0 Å². The highest BCUT2D eigenvalue weighted by molar-refractivity contribution is 5.58. The van der Waals surface area contributed by atoms with Crippen LogP contribution in [0.2, 0.25) is 0 Å². The molecule has 2 unspecified atom stereocenters. The summed E-state index contributed by atoms with van der Waals surface area (Å²) in [6, 6.07) is 1.16. The van der Waals surface area contributed by atoms with E-state index >= 15 is 0 Å². The molecule has 88 valence electrons. The summed E-state index contributed by atoms with van der Waals surface area (Å²) in [5, 5.41) is 0. The van der Waals surface area contributed by atoms with Gasteiger partial charge in [-0.2, -0.15) is 0 Å². The normalized spacial score (nSPS) is 30.5. The molecule has 0 aromatic carbocycles. The highest BCUT2D eigenvalue weighted by atomic mass is 16.1. The Balaban J connectivity index is 2.55. The summed E-state index contributed by atoms with van der Waals surface area (Å²) in [6.07, 6.45) is 1.07. The summed E-state index contributed by atoms with van der Waals surface area (Å²) in [5.74, 6) is 0. The number of nitrogens with zero attached hydrogens (tertiary/aromatic N) is 2. The van der Waals surface area contributed by atoms with Crippen LogP contribution in [0, 0.1) is 5.41 Å². The molecule has 3 heteroatoms. The van der Waals surface area contributed by atoms with Crippen molar-refractivity contribution in [3.8, 4) is 0 Å². The summed E-state index contributed by atoms with van der Waals surface area (Å²) < 4.78 is 0. The first kappa shape index (κ1) is 12.7. The van der Waals surface area contributed by atoms with E-state index in [9.17, 15) is 4.79 Å². The molecule has 0 aliphatic carbocycles. The Morgan fingerprint density at radius 1 is 1.27 bits per heavy atom. The molecular weight excluding hydrogens is 188 g/mol. The molecule has 0 spiro atoms. The van der Waals surface area contributed by atoms with E-state index in [-0.39, 0.29) is 5.41 Å². The van der Waals surface area contributed by atoms with Gasteiger partial charge < -0.3 is 4.79 Å². The van der Waals surface area contributed by atoms with Gasteiger partial charge in [0.05, 0.1) is 0 Å². The van der Waals surface area contributed by atoms with Gasteiger partial charge >= 0.3 is 0 Å². The lowest BCUT2D eigenvalue weighted by Crippen LogP contribution is -2.56. The Hall–Kier alpha value is -0.410. The fraction of sp³-hybridized carbons (Fsp3) is 0.917. The maximum atomic E-state index is 10.9. The lowest BCUT2D eigenvalue weighted by atomic mass is 9.94. The third-order valence-electron chi connectivity index (χ3n) is 3.39. The highest BCUT2D eigenvalue weighted by Gasteiger charge is 2.29. The van der Waals surface area contributed by atoms with Crippen LogP contribution in [0.1, 0.15) is 27.7 Å². The van der Waals surface area contributed by atoms with Gasteiger partial charge in [0.1, 0.15) is 6.29 Å². The molecule has 0 aromatic rings. The van der Waals surface area contributed by atoms with Crippen LogP contribution >= 0.6 is 0 Å². The molecule has 0 N–H and O–H groups in total. The van der Waals surface area contributed by atoms with Crippen molar-refractivity contribution in [1.29, 1.82) is 0 Å². The molecule has 1 rings (SSSR count). The molecule has 0 radical (unpaired) electrons. The maximum Gasteiger partial charge on any atom is 0.126 e. The van der Waals surface area contributed by atoms with E-state index in [1.54, 1.807) is 0 Å². The number of piperazine rings is 1. The van der Waals surface area contributed by atoms with Crippen molar-refractivity contribution in [2.75, 3.05) is 26.7 Å². The zero-order chi connectivity index (χ0) is 11.6. The predicted molar refractivity (Wildman–Crippen MR) is 63.0 cm³/mol. The fourth-order valence-electron chi connectivity index (χ4n) is 2.26. The number of hydrogen-bond donors (Lipinski definition) is 0. The van der Waals surface area contributed by atoms with E-state index < -0.39 is 0 Å². The highest BCUT2D eigenvalue weighted by Crippen LogP contribution is 2.19. The van der Waals surface area contributed by atoms with Gasteiger partial charge in [0.2, 0.25) is 0 Å². The molecule has 1 aliphatic heterocycles. The molecule has 1 heterocycles. The number of hydrogen-bond acceptors (Lipinski definition) is 3. The van der Waals surface area contributed by atoms with Crippen molar-refractivity contribution in [1.82, 2.24) is 9.80 Å². The predicted octanol–water partition coefficient (Wildman–Crippen LogP) is 1.24. The number of carbonyl (C=O) groups excluding carboxylic acids is 1. The average Bonchev–Trinajstić information content (AvgIpc) is 2.13. The molecular formula is C12H24N2O. The average molecular weight is 212 g/mol. The van der Waals surface area contributed by atoms with Crippen LogP contribution in [0.3, 0.4) is 0 Å². The lowest BCUT2D eigenvalue weighted by Gasteiger charge is -2.44. The molecule has 3 nitrogen and oxygen atoms in total. The van der Waals surface area contributed by atoms with E-state index in [2.05, 4.69) is 30.7 Å². The van der Waals surface area contributed by atoms with Crippen LogP contribution in [-0.2, 0) is 4.79 Å². The van der Waals surface area contributed by atoms with Gasteiger partial charge in [-0.1, -0.05) is 13.8 Å². The molecule has 1 aliphatic rings. The first-order valence-electron chi connectivity index (χ1n) is 5.76. The Morgan fingerprint density at radius 3 is 2.13 bits per heavy atom. The topological polar surface area (TPSA) is 23.6 Å². The number of rotatable bonds is 3. The minimum absolute atomic E-state index is 0.213. The van der Waals surface area contributed by atoms with Crippen LogP contribution in [0.15, 0.2) is 0 Å². The first-order chi connectivity index (χ1) is 6.85. The molecule has 1 saturated heterocycles. The van der Waals surface area contributed by atoms with Crippen molar-refractivity contribution in [2.24, 2.45) is 5.41 Å². The van der Waals surface area contributed by atoms with Crippen LogP contribution in [0.4, 0.5) is 0 Å². The second-order valence-corrected chi connectivity index (χ2v) is 5.66. The third-order valence-corrected chi connectivity index (χ3v) is 3.39. The van der Waals surface area contributed by atoms with E-state index in [1.807, 2.05) is 13.8 Å². The Labute approximate surface area is 93.4 Å². The number of carbonyl (C=O) groups is 1. The van der Waals surface area contributed by atoms with E-state index in [4.69, 9.17) is 0 Å². The quantitative estimate of drug-likeness (QED) is 0.658. The van der Waals surface area contributed by atoms with E-state index in [0.29, 0.717) is 12.1 Å². The van der Waals surface area contributed by atoms with Crippen LogP contribution in [0.5, 0.6) is 0 Å². The van der Waals surface area contributed by atoms with Gasteiger partial charge in [-0.05, 0) is 20.9 Å². The van der Waals surface area contributed by atoms with Gasteiger partial charge in [0.25, 0.3) is 0 Å². The molecule has 2 atom stereocenters. The van der Waals surface area contributed by atoms with E-state index in [0.717, 1.165) is 25.9 Å². The minimum atomic E-state index is -0.213. The molecule has 0 bridgehead atoms. The molecule has 0 saturated carbocycles. The third kappa shape index (κ3) is 3.28. The maximum absolute atomic E-state index is 10.9. The summed E-state index contributed by atoms with van der Waals surface area (Å²) in [5.41, 5.74) is -0.213. The SMILES string of the molecule is CC1CN(CC(C)(C)C=O)CC(C)N1C. The molecule has 0 aromatic heterocycles. The van der Waals surface area contributed by atoms with Crippen molar-refractivity contribution < 1.29 is 4.79 Å². The van der Waals surface area contributed by atoms with Gasteiger partial charge in [-0.15, -0.1) is 0 Å². The van der Waals surface area contributed by atoms with Gasteiger partial charge in [0.15, 0.2) is 0 Å². The summed E-state index contributed by atoms with van der Waals surface area (Å²) >= 11 is 0. The second-order valence-electron chi connectivity index (χ2n) is 5.66. The van der Waals surface area contributed by atoms with E-state index in [1.165, 1.54) is 0 Å². The lowest BCUT2D eigenvalue weighted by molar-refractivity contribution is -0.116. The van der Waals surface area contributed by atoms with Crippen LogP contribution in [0.25, 0.3) is 0 Å². The molecule has 15 heavy (non-hydrogen) atoms. The van der Waals surface area contributed by atoms with Crippen molar-refractivity contribution >= 4 is 6.29 Å². The first-order valence-corrected chi connectivity index (χ1v) is 5.76. The van der Waals surface area contributed by atoms with Crippen LogP contribution < -0.4 is 0 Å². The summed E-state index contributed by atoms with van der Waals surface area (Å²) in [4.78, 5) is 15.7. The number of likely N-dealkylation sites (N-methyl/N-ethyl adjacent to an activating group) is 1. The molecule has 0 amide bonds. The Bertz CT molecular complexity index is 216. The van der Waals surface area contributed by atoms with Crippen molar-refractivity contribution in [2.45, 2.75) is 39.8 Å². The Kier molecular flexibility index (Phi) is 3.90. The number of aldehydes is 1. The zero-order valence-corrected chi connectivity index (χ0v) is 10.7. The standard InChI is InChI=1S/C12H24N2O/c1-10-6-14(7-11(2)13(10)5)8-12(3,4)9-15/h9-11H,6-8H2,1-5H3. The zero-order valence-electron chi connectivity index (χ0n) is 10.7. The van der Waals surface area contributed by atoms with Gasteiger partial charge in [0, 0.05) is 37.1 Å². The minimum Gasteiger partial charge on any atom is -0.303 e. The van der Waals surface area contributed by atoms with Crippen molar-refractivity contribution in [3.05, 3.63) is 0 Å². The monoisotopic (exact) mass is 212 g/mol. The van der Waals surface area contributed by atoms with Crippen LogP contribution in [-0.4, -0.2) is 54.9 Å².